The number of H-pyrrole nitrogens is 1. The zero-order chi connectivity index (χ0) is 12.7. The molecule has 1 aromatic carbocycles. The number of benzene rings is 1. The van der Waals surface area contributed by atoms with Crippen molar-refractivity contribution in [3.8, 4) is 0 Å². The van der Waals surface area contributed by atoms with E-state index in [-0.39, 0.29) is 6.10 Å². The standard InChI is InChI=1S/C13H18N4O/c1-8-7-18-9(2)6-17(8)13-4-12-10(3-11(13)14)5-15-16-12/h3-5,8-9H,6-7,14H2,1-2H3,(H,15,16). The first-order chi connectivity index (χ1) is 8.65. The number of aromatic nitrogens is 2. The maximum absolute atomic E-state index is 6.16. The zero-order valence-corrected chi connectivity index (χ0v) is 10.7. The van der Waals surface area contributed by atoms with Crippen molar-refractivity contribution in [1.82, 2.24) is 10.2 Å². The molecule has 2 heterocycles. The predicted molar refractivity (Wildman–Crippen MR) is 72.7 cm³/mol. The lowest BCUT2D eigenvalue weighted by molar-refractivity contribution is 0.0344. The van der Waals surface area contributed by atoms with Crippen LogP contribution in [-0.2, 0) is 4.74 Å². The minimum Gasteiger partial charge on any atom is -0.397 e. The van der Waals surface area contributed by atoms with E-state index in [1.54, 1.807) is 6.20 Å². The molecule has 0 amide bonds. The summed E-state index contributed by atoms with van der Waals surface area (Å²) in [5, 5.41) is 8.07. The summed E-state index contributed by atoms with van der Waals surface area (Å²) in [5.41, 5.74) is 9.04. The first kappa shape index (κ1) is 11.3. The monoisotopic (exact) mass is 246 g/mol. The second kappa shape index (κ2) is 4.17. The fourth-order valence-corrected chi connectivity index (χ4v) is 2.49. The molecule has 5 nitrogen and oxygen atoms in total. The lowest BCUT2D eigenvalue weighted by Crippen LogP contribution is -2.47. The summed E-state index contributed by atoms with van der Waals surface area (Å²) in [6.07, 6.45) is 2.03. The van der Waals surface area contributed by atoms with Gasteiger partial charge in [-0.05, 0) is 26.0 Å². The Hall–Kier alpha value is -1.75. The van der Waals surface area contributed by atoms with E-state index in [1.165, 1.54) is 0 Å². The van der Waals surface area contributed by atoms with Crippen molar-refractivity contribution in [3.05, 3.63) is 18.3 Å². The van der Waals surface area contributed by atoms with Gasteiger partial charge in [0.1, 0.15) is 0 Å². The van der Waals surface area contributed by atoms with E-state index >= 15 is 0 Å². The number of fused-ring (bicyclic) bond motifs is 1. The van der Waals surface area contributed by atoms with Gasteiger partial charge in [-0.1, -0.05) is 0 Å². The van der Waals surface area contributed by atoms with Crippen LogP contribution in [0.3, 0.4) is 0 Å². The second-order valence-corrected chi connectivity index (χ2v) is 5.01. The molecular weight excluding hydrogens is 228 g/mol. The fourth-order valence-electron chi connectivity index (χ4n) is 2.49. The molecule has 1 fully saturated rings. The van der Waals surface area contributed by atoms with Gasteiger partial charge in [0.15, 0.2) is 0 Å². The highest BCUT2D eigenvalue weighted by Crippen LogP contribution is 2.31. The Labute approximate surface area is 106 Å². The minimum atomic E-state index is 0.234. The summed E-state index contributed by atoms with van der Waals surface area (Å²) in [6, 6.07) is 4.39. The van der Waals surface area contributed by atoms with Gasteiger partial charge in [-0.2, -0.15) is 5.10 Å². The molecule has 96 valence electrons. The number of morpholine rings is 1. The Morgan fingerprint density at radius 2 is 2.28 bits per heavy atom. The van der Waals surface area contributed by atoms with Crippen LogP contribution in [0.25, 0.3) is 10.9 Å². The maximum Gasteiger partial charge on any atom is 0.0723 e. The molecule has 0 radical (unpaired) electrons. The molecule has 0 spiro atoms. The Morgan fingerprint density at radius 3 is 3.11 bits per heavy atom. The molecule has 3 N–H and O–H groups in total. The smallest absolute Gasteiger partial charge is 0.0723 e. The molecule has 0 bridgehead atoms. The van der Waals surface area contributed by atoms with Gasteiger partial charge >= 0.3 is 0 Å². The normalized spacial score (nSPS) is 24.7. The van der Waals surface area contributed by atoms with Crippen molar-refractivity contribution in [2.24, 2.45) is 0 Å². The van der Waals surface area contributed by atoms with E-state index < -0.39 is 0 Å². The molecule has 1 aromatic heterocycles. The van der Waals surface area contributed by atoms with E-state index in [1.807, 2.05) is 6.07 Å². The average molecular weight is 246 g/mol. The molecule has 18 heavy (non-hydrogen) atoms. The summed E-state index contributed by atoms with van der Waals surface area (Å²) in [7, 11) is 0. The van der Waals surface area contributed by atoms with Crippen LogP contribution in [0.2, 0.25) is 0 Å². The minimum absolute atomic E-state index is 0.234. The number of nitrogens with zero attached hydrogens (tertiary/aromatic N) is 2. The van der Waals surface area contributed by atoms with Crippen LogP contribution in [0.5, 0.6) is 0 Å². The SMILES string of the molecule is CC1CN(c2cc3[nH]ncc3cc2N)C(C)CO1. The molecule has 1 aliphatic heterocycles. The van der Waals surface area contributed by atoms with Gasteiger partial charge in [0, 0.05) is 18.0 Å². The van der Waals surface area contributed by atoms with E-state index in [0.29, 0.717) is 6.04 Å². The van der Waals surface area contributed by atoms with Gasteiger partial charge in [0.25, 0.3) is 0 Å². The summed E-state index contributed by atoms with van der Waals surface area (Å²) >= 11 is 0. The highest BCUT2D eigenvalue weighted by molar-refractivity contribution is 5.89. The van der Waals surface area contributed by atoms with Crippen LogP contribution < -0.4 is 10.6 Å². The van der Waals surface area contributed by atoms with Crippen molar-refractivity contribution >= 4 is 22.3 Å². The van der Waals surface area contributed by atoms with Gasteiger partial charge in [0.05, 0.1) is 35.8 Å². The number of nitrogens with one attached hydrogen (secondary N) is 1. The summed E-state index contributed by atoms with van der Waals surface area (Å²) < 4.78 is 5.65. The van der Waals surface area contributed by atoms with Crippen LogP contribution in [-0.4, -0.2) is 35.5 Å². The fraction of sp³-hybridized carbons (Fsp3) is 0.462. The largest absolute Gasteiger partial charge is 0.397 e. The molecule has 5 heteroatoms. The van der Waals surface area contributed by atoms with Crippen molar-refractivity contribution in [2.75, 3.05) is 23.8 Å². The average Bonchev–Trinajstić information content (AvgIpc) is 2.78. The third-order valence-electron chi connectivity index (χ3n) is 3.50. The molecule has 1 saturated heterocycles. The van der Waals surface area contributed by atoms with Crippen LogP contribution in [0, 0.1) is 0 Å². The lowest BCUT2D eigenvalue weighted by atomic mass is 10.1. The Bertz CT molecular complexity index is 565. The first-order valence-electron chi connectivity index (χ1n) is 6.26. The van der Waals surface area contributed by atoms with Crippen LogP contribution in [0.1, 0.15) is 13.8 Å². The second-order valence-electron chi connectivity index (χ2n) is 5.01. The number of ether oxygens (including phenoxy) is 1. The number of rotatable bonds is 1. The number of hydrogen-bond acceptors (Lipinski definition) is 4. The number of nitrogens with two attached hydrogens (primary N) is 1. The summed E-state index contributed by atoms with van der Waals surface area (Å²) in [5.74, 6) is 0. The van der Waals surface area contributed by atoms with E-state index in [2.05, 4.69) is 35.0 Å². The van der Waals surface area contributed by atoms with E-state index in [9.17, 15) is 0 Å². The predicted octanol–water partition coefficient (Wildman–Crippen LogP) is 1.76. The van der Waals surface area contributed by atoms with Gasteiger partial charge < -0.3 is 15.4 Å². The number of hydrogen-bond donors (Lipinski definition) is 2. The molecule has 3 rings (SSSR count). The Kier molecular flexibility index (Phi) is 2.63. The van der Waals surface area contributed by atoms with Gasteiger partial charge in [-0.15, -0.1) is 0 Å². The van der Waals surface area contributed by atoms with Crippen molar-refractivity contribution in [2.45, 2.75) is 26.0 Å². The third kappa shape index (κ3) is 1.80. The van der Waals surface area contributed by atoms with Gasteiger partial charge in [-0.3, -0.25) is 5.10 Å². The number of nitrogen functional groups attached to an aromatic ring is 1. The Morgan fingerprint density at radius 1 is 1.44 bits per heavy atom. The molecule has 0 aliphatic carbocycles. The van der Waals surface area contributed by atoms with E-state index in [0.717, 1.165) is 35.4 Å². The number of anilines is 2. The zero-order valence-electron chi connectivity index (χ0n) is 10.7. The Balaban J connectivity index is 2.03. The van der Waals surface area contributed by atoms with Crippen LogP contribution >= 0.6 is 0 Å². The topological polar surface area (TPSA) is 67.2 Å². The molecule has 1 aliphatic rings. The van der Waals surface area contributed by atoms with Crippen LogP contribution in [0.15, 0.2) is 18.3 Å². The van der Waals surface area contributed by atoms with Crippen molar-refractivity contribution in [1.29, 1.82) is 0 Å². The summed E-state index contributed by atoms with van der Waals surface area (Å²) in [4.78, 5) is 2.31. The van der Waals surface area contributed by atoms with E-state index in [4.69, 9.17) is 10.5 Å². The quantitative estimate of drug-likeness (QED) is 0.752. The molecular formula is C13H18N4O. The number of aromatic amines is 1. The van der Waals surface area contributed by atoms with Crippen molar-refractivity contribution < 1.29 is 4.74 Å². The molecule has 2 aromatic rings. The molecule has 0 saturated carbocycles. The van der Waals surface area contributed by atoms with Crippen molar-refractivity contribution in [3.63, 3.8) is 0 Å². The highest BCUT2D eigenvalue weighted by Gasteiger charge is 2.25. The highest BCUT2D eigenvalue weighted by atomic mass is 16.5. The third-order valence-corrected chi connectivity index (χ3v) is 3.50. The summed E-state index contributed by atoms with van der Waals surface area (Å²) in [6.45, 7) is 5.85. The van der Waals surface area contributed by atoms with Gasteiger partial charge in [-0.25, -0.2) is 0 Å². The van der Waals surface area contributed by atoms with Gasteiger partial charge in [0.2, 0.25) is 0 Å². The molecule has 2 atom stereocenters. The first-order valence-corrected chi connectivity index (χ1v) is 6.26. The van der Waals surface area contributed by atoms with Crippen LogP contribution in [0.4, 0.5) is 11.4 Å². The molecule has 2 unspecified atom stereocenters. The maximum atomic E-state index is 6.16. The lowest BCUT2D eigenvalue weighted by Gasteiger charge is -2.39.